The topological polar surface area (TPSA) is 17.1 Å². The van der Waals surface area contributed by atoms with Crippen LogP contribution in [0.15, 0.2) is 88.7 Å². The van der Waals surface area contributed by atoms with E-state index in [0.717, 1.165) is 15.4 Å². The Morgan fingerprint density at radius 2 is 1.29 bits per heavy atom. The lowest BCUT2D eigenvalue weighted by Gasteiger charge is -2.17. The Morgan fingerprint density at radius 1 is 0.750 bits per heavy atom. The maximum absolute atomic E-state index is 13.1. The molecule has 0 aliphatic rings. The van der Waals surface area contributed by atoms with Crippen LogP contribution < -0.4 is 0 Å². The van der Waals surface area contributed by atoms with Crippen molar-refractivity contribution in [3.8, 4) is 0 Å². The lowest BCUT2D eigenvalue weighted by Crippen LogP contribution is -2.03. The predicted octanol–water partition coefficient (Wildman–Crippen LogP) is 6.59. The van der Waals surface area contributed by atoms with Crippen molar-refractivity contribution in [3.63, 3.8) is 0 Å². The highest BCUT2D eigenvalue weighted by molar-refractivity contribution is 8.10. The van der Waals surface area contributed by atoms with Gasteiger partial charge in [-0.25, -0.2) is 0 Å². The van der Waals surface area contributed by atoms with Gasteiger partial charge in [-0.3, -0.25) is 4.21 Å². The van der Waals surface area contributed by atoms with Gasteiger partial charge in [0.2, 0.25) is 0 Å². The second-order valence-corrected chi connectivity index (χ2v) is 8.95. The number of hydrogen-bond acceptors (Lipinski definition) is 2. The zero-order valence-corrected chi connectivity index (χ0v) is 15.7. The maximum Gasteiger partial charge on any atom is 0.114 e. The summed E-state index contributed by atoms with van der Waals surface area (Å²) in [6, 6.07) is 24.6. The molecule has 3 rings (SSSR count). The fraction of sp³-hybridized carbons (Fsp3) is 0.0526. The van der Waals surface area contributed by atoms with Gasteiger partial charge >= 0.3 is 0 Å². The van der Waals surface area contributed by atoms with Crippen LogP contribution in [0.4, 0.5) is 0 Å². The van der Waals surface area contributed by atoms with E-state index in [1.54, 1.807) is 23.9 Å². The van der Waals surface area contributed by atoms with E-state index < -0.39 is 10.8 Å². The highest BCUT2D eigenvalue weighted by atomic mass is 35.5. The van der Waals surface area contributed by atoms with Crippen molar-refractivity contribution in [1.82, 2.24) is 0 Å². The first kappa shape index (κ1) is 17.6. The molecular weight excluding hydrogens is 379 g/mol. The molecule has 0 bridgehead atoms. The van der Waals surface area contributed by atoms with Crippen LogP contribution >= 0.6 is 35.0 Å². The molecule has 3 aromatic rings. The molecule has 0 spiro atoms. The van der Waals surface area contributed by atoms with E-state index in [0.29, 0.717) is 10.0 Å². The first-order valence-corrected chi connectivity index (χ1v) is 10.1. The van der Waals surface area contributed by atoms with E-state index in [4.69, 9.17) is 23.2 Å². The first-order valence-electron chi connectivity index (χ1n) is 7.27. The molecule has 1 nitrogen and oxygen atoms in total. The third-order valence-corrected chi connectivity index (χ3v) is 7.11. The van der Waals surface area contributed by atoms with Crippen molar-refractivity contribution in [3.05, 3.63) is 94.5 Å². The van der Waals surface area contributed by atoms with Gasteiger partial charge in [-0.15, -0.1) is 11.8 Å². The Bertz CT molecular complexity index is 818. The van der Waals surface area contributed by atoms with Gasteiger partial charge in [0.05, 0.1) is 10.8 Å². The molecule has 5 heteroatoms. The molecule has 0 fully saturated rings. The third kappa shape index (κ3) is 4.42. The number of rotatable bonds is 5. The summed E-state index contributed by atoms with van der Waals surface area (Å²) in [6.45, 7) is 0. The molecule has 0 saturated carbocycles. The van der Waals surface area contributed by atoms with Gasteiger partial charge in [-0.1, -0.05) is 53.5 Å². The maximum atomic E-state index is 13.1. The molecule has 3 aromatic carbocycles. The van der Waals surface area contributed by atoms with Crippen LogP contribution in [-0.4, -0.2) is 4.21 Å². The Kier molecular flexibility index (Phi) is 6.01. The molecule has 2 unspecified atom stereocenters. The quantitative estimate of drug-likeness (QED) is 0.455. The van der Waals surface area contributed by atoms with E-state index in [2.05, 4.69) is 0 Å². The molecule has 0 aliphatic carbocycles. The molecule has 0 radical (unpaired) electrons. The molecule has 0 heterocycles. The zero-order valence-electron chi connectivity index (χ0n) is 12.6. The summed E-state index contributed by atoms with van der Waals surface area (Å²) in [6.07, 6.45) is 0. The summed E-state index contributed by atoms with van der Waals surface area (Å²) in [7, 11) is -1.21. The van der Waals surface area contributed by atoms with Crippen LogP contribution in [0.3, 0.4) is 0 Å². The molecule has 122 valence electrons. The third-order valence-electron chi connectivity index (χ3n) is 3.37. The summed E-state index contributed by atoms with van der Waals surface area (Å²) in [4.78, 5) is 1.78. The van der Waals surface area contributed by atoms with Gasteiger partial charge < -0.3 is 0 Å². The molecule has 0 saturated heterocycles. The first-order chi connectivity index (χ1) is 11.6. The van der Waals surface area contributed by atoms with E-state index in [-0.39, 0.29) is 4.58 Å². The minimum atomic E-state index is -1.21. The van der Waals surface area contributed by atoms with Gasteiger partial charge in [-0.2, -0.15) is 0 Å². The summed E-state index contributed by atoms with van der Waals surface area (Å²) in [5.74, 6) is 0. The fourth-order valence-electron chi connectivity index (χ4n) is 2.17. The van der Waals surface area contributed by atoms with Crippen molar-refractivity contribution < 1.29 is 4.21 Å². The van der Waals surface area contributed by atoms with Gasteiger partial charge in [0.15, 0.2) is 0 Å². The SMILES string of the molecule is O=S(c1ccc(Cl)cc1)C(Sc1ccc(Cl)cc1)c1ccccc1. The standard InChI is InChI=1S/C19H14Cl2OS2/c20-15-6-10-17(11-7-15)23-19(14-4-2-1-3-5-14)24(22)18-12-8-16(21)9-13-18/h1-13,19H. The predicted molar refractivity (Wildman–Crippen MR) is 104 cm³/mol. The van der Waals surface area contributed by atoms with Crippen molar-refractivity contribution in [2.45, 2.75) is 14.4 Å². The van der Waals surface area contributed by atoms with Gasteiger partial charge in [0.25, 0.3) is 0 Å². The average Bonchev–Trinajstić information content (AvgIpc) is 2.62. The van der Waals surface area contributed by atoms with Crippen molar-refractivity contribution >= 4 is 45.8 Å². The van der Waals surface area contributed by atoms with Crippen LogP contribution in [-0.2, 0) is 10.8 Å². The fourth-order valence-corrected chi connectivity index (χ4v) is 5.33. The highest BCUT2D eigenvalue weighted by Gasteiger charge is 2.22. The Morgan fingerprint density at radius 3 is 1.88 bits per heavy atom. The summed E-state index contributed by atoms with van der Waals surface area (Å²) in [5.41, 5.74) is 1.02. The van der Waals surface area contributed by atoms with Crippen LogP contribution in [0.1, 0.15) is 10.1 Å². The van der Waals surface area contributed by atoms with Gasteiger partial charge in [0.1, 0.15) is 4.58 Å². The molecular formula is C19H14Cl2OS2. The summed E-state index contributed by atoms with van der Waals surface area (Å²) in [5, 5.41) is 1.33. The average molecular weight is 393 g/mol. The number of thioether (sulfide) groups is 1. The minimum absolute atomic E-state index is 0.214. The van der Waals surface area contributed by atoms with Crippen LogP contribution in [0.25, 0.3) is 0 Å². The van der Waals surface area contributed by atoms with E-state index in [1.807, 2.05) is 66.7 Å². The Balaban J connectivity index is 1.94. The highest BCUT2D eigenvalue weighted by Crippen LogP contribution is 2.40. The van der Waals surface area contributed by atoms with Crippen LogP contribution in [0.5, 0.6) is 0 Å². The van der Waals surface area contributed by atoms with Crippen LogP contribution in [0.2, 0.25) is 10.0 Å². The lowest BCUT2D eigenvalue weighted by molar-refractivity contribution is 0.682. The molecule has 0 aromatic heterocycles. The minimum Gasteiger partial charge on any atom is -0.253 e. The van der Waals surface area contributed by atoms with Gasteiger partial charge in [-0.05, 0) is 54.1 Å². The largest absolute Gasteiger partial charge is 0.253 e. The number of benzene rings is 3. The zero-order chi connectivity index (χ0) is 16.9. The van der Waals surface area contributed by atoms with Gasteiger partial charge in [0, 0.05) is 19.8 Å². The molecule has 24 heavy (non-hydrogen) atoms. The van der Waals surface area contributed by atoms with Crippen LogP contribution in [0, 0.1) is 0 Å². The van der Waals surface area contributed by atoms with E-state index >= 15 is 0 Å². The molecule has 0 aliphatic heterocycles. The molecule has 0 N–H and O–H groups in total. The second-order valence-electron chi connectivity index (χ2n) is 5.07. The molecule has 2 atom stereocenters. The summed E-state index contributed by atoms with van der Waals surface area (Å²) < 4.78 is 12.9. The Labute approximate surface area is 158 Å². The second kappa shape index (κ2) is 8.21. The molecule has 0 amide bonds. The van der Waals surface area contributed by atoms with E-state index in [1.165, 1.54) is 0 Å². The van der Waals surface area contributed by atoms with Crippen molar-refractivity contribution in [1.29, 1.82) is 0 Å². The lowest BCUT2D eigenvalue weighted by atomic mass is 10.2. The number of halogens is 2. The van der Waals surface area contributed by atoms with E-state index in [9.17, 15) is 4.21 Å². The Hall–Kier alpha value is -1.26. The van der Waals surface area contributed by atoms with Crippen molar-refractivity contribution in [2.24, 2.45) is 0 Å². The van der Waals surface area contributed by atoms with Crippen molar-refractivity contribution in [2.75, 3.05) is 0 Å². The monoisotopic (exact) mass is 392 g/mol. The smallest absolute Gasteiger partial charge is 0.114 e. The normalized spacial score (nSPS) is 13.4. The summed E-state index contributed by atoms with van der Waals surface area (Å²) >= 11 is 13.5. The number of hydrogen-bond donors (Lipinski definition) is 0.